The van der Waals surface area contributed by atoms with E-state index < -0.39 is 0 Å². The number of rotatable bonds is 2. The SMILES string of the molecule is Cl.N[C@H](c1ccccc1O)C1CCCCC1. The van der Waals surface area contributed by atoms with E-state index in [4.69, 9.17) is 5.73 Å². The van der Waals surface area contributed by atoms with Crippen LogP contribution in [0.2, 0.25) is 0 Å². The lowest BCUT2D eigenvalue weighted by atomic mass is 9.81. The quantitative estimate of drug-likeness (QED) is 0.834. The largest absolute Gasteiger partial charge is 0.508 e. The monoisotopic (exact) mass is 241 g/mol. The summed E-state index contributed by atoms with van der Waals surface area (Å²) in [6, 6.07) is 7.45. The highest BCUT2D eigenvalue weighted by Gasteiger charge is 2.23. The molecule has 0 aromatic heterocycles. The molecule has 1 aromatic rings. The van der Waals surface area contributed by atoms with Crippen molar-refractivity contribution in [1.82, 2.24) is 0 Å². The molecule has 1 saturated carbocycles. The van der Waals surface area contributed by atoms with Gasteiger partial charge in [0, 0.05) is 11.6 Å². The van der Waals surface area contributed by atoms with Crippen molar-refractivity contribution >= 4 is 12.4 Å². The van der Waals surface area contributed by atoms with Gasteiger partial charge < -0.3 is 10.8 Å². The van der Waals surface area contributed by atoms with Crippen LogP contribution in [-0.2, 0) is 0 Å². The van der Waals surface area contributed by atoms with Crippen LogP contribution in [0.3, 0.4) is 0 Å². The van der Waals surface area contributed by atoms with Crippen molar-refractivity contribution in [3.63, 3.8) is 0 Å². The van der Waals surface area contributed by atoms with Gasteiger partial charge in [-0.3, -0.25) is 0 Å². The second kappa shape index (κ2) is 6.12. The van der Waals surface area contributed by atoms with Crippen LogP contribution in [-0.4, -0.2) is 5.11 Å². The number of phenolic OH excluding ortho intramolecular Hbond substituents is 1. The van der Waals surface area contributed by atoms with Gasteiger partial charge in [-0.2, -0.15) is 0 Å². The van der Waals surface area contributed by atoms with E-state index in [0.29, 0.717) is 11.7 Å². The average Bonchev–Trinajstić information content (AvgIpc) is 2.30. The van der Waals surface area contributed by atoms with Crippen molar-refractivity contribution < 1.29 is 5.11 Å². The average molecular weight is 242 g/mol. The van der Waals surface area contributed by atoms with E-state index in [0.717, 1.165) is 5.56 Å². The number of hydrogen-bond donors (Lipinski definition) is 2. The predicted octanol–water partition coefficient (Wildman–Crippen LogP) is 3.39. The van der Waals surface area contributed by atoms with Gasteiger partial charge in [0.15, 0.2) is 0 Å². The normalized spacial score (nSPS) is 18.8. The molecule has 1 aliphatic rings. The topological polar surface area (TPSA) is 46.2 Å². The van der Waals surface area contributed by atoms with E-state index in [2.05, 4.69) is 0 Å². The standard InChI is InChI=1S/C13H19NO.ClH/c14-13(10-6-2-1-3-7-10)11-8-4-5-9-12(11)15;/h4-5,8-10,13,15H,1-3,6-7,14H2;1H/t13-;/m0./s1. The van der Waals surface area contributed by atoms with Crippen LogP contribution in [0, 0.1) is 5.92 Å². The van der Waals surface area contributed by atoms with E-state index in [9.17, 15) is 5.11 Å². The highest BCUT2D eigenvalue weighted by Crippen LogP contribution is 2.35. The van der Waals surface area contributed by atoms with Crippen LogP contribution in [0.25, 0.3) is 0 Å². The summed E-state index contributed by atoms with van der Waals surface area (Å²) < 4.78 is 0. The van der Waals surface area contributed by atoms with Crippen molar-refractivity contribution in [2.45, 2.75) is 38.1 Å². The van der Waals surface area contributed by atoms with Crippen LogP contribution in [0.5, 0.6) is 5.75 Å². The maximum Gasteiger partial charge on any atom is 0.120 e. The third-order valence-corrected chi connectivity index (χ3v) is 3.45. The van der Waals surface area contributed by atoms with Crippen LogP contribution in [0.15, 0.2) is 24.3 Å². The lowest BCUT2D eigenvalue weighted by molar-refractivity contribution is 0.303. The van der Waals surface area contributed by atoms with E-state index in [1.54, 1.807) is 6.07 Å². The second-order valence-corrected chi connectivity index (χ2v) is 4.48. The van der Waals surface area contributed by atoms with E-state index >= 15 is 0 Å². The van der Waals surface area contributed by atoms with Crippen molar-refractivity contribution in [2.24, 2.45) is 11.7 Å². The first-order valence-corrected chi connectivity index (χ1v) is 5.82. The molecule has 0 unspecified atom stereocenters. The van der Waals surface area contributed by atoms with E-state index in [1.165, 1.54) is 32.1 Å². The Labute approximate surface area is 103 Å². The van der Waals surface area contributed by atoms with E-state index in [1.807, 2.05) is 18.2 Å². The molecule has 2 rings (SSSR count). The smallest absolute Gasteiger partial charge is 0.120 e. The predicted molar refractivity (Wildman–Crippen MR) is 68.9 cm³/mol. The van der Waals surface area contributed by atoms with Crippen molar-refractivity contribution in [2.75, 3.05) is 0 Å². The number of aromatic hydroxyl groups is 1. The maximum absolute atomic E-state index is 9.73. The summed E-state index contributed by atoms with van der Waals surface area (Å²) >= 11 is 0. The summed E-state index contributed by atoms with van der Waals surface area (Å²) in [7, 11) is 0. The Hall–Kier alpha value is -0.730. The zero-order valence-electron chi connectivity index (χ0n) is 9.43. The van der Waals surface area contributed by atoms with Gasteiger partial charge in [-0.05, 0) is 24.8 Å². The first-order valence-electron chi connectivity index (χ1n) is 5.82. The van der Waals surface area contributed by atoms with Gasteiger partial charge in [0.25, 0.3) is 0 Å². The fraction of sp³-hybridized carbons (Fsp3) is 0.538. The Morgan fingerprint density at radius 3 is 2.38 bits per heavy atom. The van der Waals surface area contributed by atoms with Gasteiger partial charge in [0.05, 0.1) is 0 Å². The summed E-state index contributed by atoms with van der Waals surface area (Å²) in [6.45, 7) is 0. The molecular formula is C13H20ClNO. The minimum Gasteiger partial charge on any atom is -0.508 e. The van der Waals surface area contributed by atoms with Crippen LogP contribution < -0.4 is 5.73 Å². The second-order valence-electron chi connectivity index (χ2n) is 4.48. The fourth-order valence-corrected chi connectivity index (χ4v) is 2.52. The van der Waals surface area contributed by atoms with Gasteiger partial charge >= 0.3 is 0 Å². The summed E-state index contributed by atoms with van der Waals surface area (Å²) in [6.07, 6.45) is 6.31. The third kappa shape index (κ3) is 2.89. The Morgan fingerprint density at radius 2 is 1.75 bits per heavy atom. The zero-order chi connectivity index (χ0) is 10.7. The van der Waals surface area contributed by atoms with Gasteiger partial charge in [0.2, 0.25) is 0 Å². The molecule has 0 aliphatic heterocycles. The number of phenols is 1. The molecule has 0 spiro atoms. The summed E-state index contributed by atoms with van der Waals surface area (Å²) in [5.74, 6) is 0.891. The highest BCUT2D eigenvalue weighted by molar-refractivity contribution is 5.85. The number of para-hydroxylation sites is 1. The molecular weight excluding hydrogens is 222 g/mol. The first kappa shape index (κ1) is 13.3. The van der Waals surface area contributed by atoms with Crippen molar-refractivity contribution in [3.8, 4) is 5.75 Å². The molecule has 0 radical (unpaired) electrons. The molecule has 1 aromatic carbocycles. The third-order valence-electron chi connectivity index (χ3n) is 3.45. The van der Waals surface area contributed by atoms with Gasteiger partial charge in [0.1, 0.15) is 5.75 Å². The molecule has 1 aliphatic carbocycles. The lowest BCUT2D eigenvalue weighted by Gasteiger charge is -2.28. The zero-order valence-corrected chi connectivity index (χ0v) is 10.2. The minimum absolute atomic E-state index is 0. The molecule has 16 heavy (non-hydrogen) atoms. The van der Waals surface area contributed by atoms with Crippen LogP contribution in [0.4, 0.5) is 0 Å². The van der Waals surface area contributed by atoms with E-state index in [-0.39, 0.29) is 18.4 Å². The summed E-state index contributed by atoms with van der Waals surface area (Å²) in [4.78, 5) is 0. The molecule has 3 heteroatoms. The molecule has 0 saturated heterocycles. The Morgan fingerprint density at radius 1 is 1.12 bits per heavy atom. The molecule has 90 valence electrons. The first-order chi connectivity index (χ1) is 7.29. The van der Waals surface area contributed by atoms with Gasteiger partial charge in [-0.15, -0.1) is 12.4 Å². The molecule has 0 amide bonds. The molecule has 0 heterocycles. The Balaban J connectivity index is 0.00000128. The van der Waals surface area contributed by atoms with Gasteiger partial charge in [-0.1, -0.05) is 37.5 Å². The summed E-state index contributed by atoms with van der Waals surface area (Å²) in [5.41, 5.74) is 7.12. The molecule has 0 bridgehead atoms. The van der Waals surface area contributed by atoms with Crippen molar-refractivity contribution in [3.05, 3.63) is 29.8 Å². The molecule has 1 fully saturated rings. The Kier molecular flexibility index (Phi) is 5.10. The highest BCUT2D eigenvalue weighted by atomic mass is 35.5. The number of benzene rings is 1. The molecule has 1 atom stereocenters. The van der Waals surface area contributed by atoms with Crippen LogP contribution in [0.1, 0.15) is 43.7 Å². The number of nitrogens with two attached hydrogens (primary N) is 1. The fourth-order valence-electron chi connectivity index (χ4n) is 2.52. The lowest BCUT2D eigenvalue weighted by Crippen LogP contribution is -2.23. The van der Waals surface area contributed by atoms with Crippen molar-refractivity contribution in [1.29, 1.82) is 0 Å². The number of hydrogen-bond acceptors (Lipinski definition) is 2. The van der Waals surface area contributed by atoms with Crippen LogP contribution >= 0.6 is 12.4 Å². The number of halogens is 1. The molecule has 3 N–H and O–H groups in total. The van der Waals surface area contributed by atoms with Gasteiger partial charge in [-0.25, -0.2) is 0 Å². The Bertz CT molecular complexity index is 323. The molecule has 2 nitrogen and oxygen atoms in total. The summed E-state index contributed by atoms with van der Waals surface area (Å²) in [5, 5.41) is 9.73. The minimum atomic E-state index is 0. The maximum atomic E-state index is 9.73.